The molecule has 0 saturated heterocycles. The van der Waals surface area contributed by atoms with Gasteiger partial charge in [-0.15, -0.1) is 0 Å². The van der Waals surface area contributed by atoms with Gasteiger partial charge in [-0.05, 0) is 41.9 Å². The second-order valence-corrected chi connectivity index (χ2v) is 3.62. The van der Waals surface area contributed by atoms with Crippen LogP contribution in [0.1, 0.15) is 10.4 Å². The van der Waals surface area contributed by atoms with E-state index in [1.807, 2.05) is 0 Å². The van der Waals surface area contributed by atoms with E-state index in [-0.39, 0.29) is 11.4 Å². The molecule has 2 aromatic rings. The maximum absolute atomic E-state index is 12.7. The van der Waals surface area contributed by atoms with Crippen molar-refractivity contribution in [2.75, 3.05) is 0 Å². The Kier molecular flexibility index (Phi) is 3.01. The first kappa shape index (κ1) is 11.5. The summed E-state index contributed by atoms with van der Waals surface area (Å²) in [5, 5.41) is 5.04. The van der Waals surface area contributed by atoms with Crippen molar-refractivity contribution < 1.29 is 9.18 Å². The van der Waals surface area contributed by atoms with Gasteiger partial charge in [0, 0.05) is 5.56 Å². The number of aromatic nitrogens is 2. The molecule has 0 unspecified atom stereocenters. The molecule has 1 N–H and O–H groups in total. The van der Waals surface area contributed by atoms with Crippen molar-refractivity contribution in [3.05, 3.63) is 52.1 Å². The van der Waals surface area contributed by atoms with Crippen LogP contribution in [0.5, 0.6) is 0 Å². The van der Waals surface area contributed by atoms with Crippen LogP contribution in [0.3, 0.4) is 0 Å². The summed E-state index contributed by atoms with van der Waals surface area (Å²) in [6.45, 7) is 0. The molecule has 4 nitrogen and oxygen atoms in total. The number of nitrogens with zero attached hydrogens (tertiary/aromatic N) is 1. The Balaban J connectivity index is 2.53. The first-order valence-corrected chi connectivity index (χ1v) is 5.01. The van der Waals surface area contributed by atoms with E-state index in [4.69, 9.17) is 11.6 Å². The average Bonchev–Trinajstić information content (AvgIpc) is 2.30. The van der Waals surface area contributed by atoms with E-state index in [2.05, 4.69) is 10.2 Å². The molecule has 0 aliphatic heterocycles. The molecule has 0 radical (unpaired) electrons. The van der Waals surface area contributed by atoms with E-state index in [1.54, 1.807) is 0 Å². The lowest BCUT2D eigenvalue weighted by Gasteiger charge is -2.00. The fourth-order valence-electron chi connectivity index (χ4n) is 1.32. The van der Waals surface area contributed by atoms with Gasteiger partial charge in [-0.3, -0.25) is 9.59 Å². The number of carbonyl (C=O) groups is 1. The molecule has 0 aliphatic rings. The SMILES string of the molecule is O=C(Cl)c1cc(-c2ccc(F)cc2)n[nH]c1=O. The van der Waals surface area contributed by atoms with Crippen LogP contribution >= 0.6 is 11.6 Å². The number of halogens is 2. The number of nitrogens with one attached hydrogen (secondary N) is 1. The smallest absolute Gasteiger partial charge is 0.275 e. The topological polar surface area (TPSA) is 62.8 Å². The first-order valence-electron chi connectivity index (χ1n) is 4.63. The lowest BCUT2D eigenvalue weighted by molar-refractivity contribution is 0.108. The fraction of sp³-hybridized carbons (Fsp3) is 0. The zero-order chi connectivity index (χ0) is 12.4. The second kappa shape index (κ2) is 4.47. The molecule has 0 aliphatic carbocycles. The Morgan fingerprint density at radius 3 is 2.53 bits per heavy atom. The normalized spacial score (nSPS) is 10.2. The lowest BCUT2D eigenvalue weighted by Crippen LogP contribution is -2.16. The van der Waals surface area contributed by atoms with E-state index in [0.717, 1.165) is 0 Å². The Hall–Kier alpha value is -2.01. The molecule has 86 valence electrons. The highest BCUT2D eigenvalue weighted by atomic mass is 35.5. The number of carbonyl (C=O) groups excluding carboxylic acids is 1. The molecule has 0 amide bonds. The predicted octanol–water partition coefficient (Wildman–Crippen LogP) is 1.96. The summed E-state index contributed by atoms with van der Waals surface area (Å²) in [6.07, 6.45) is 0. The van der Waals surface area contributed by atoms with E-state index < -0.39 is 10.8 Å². The molecule has 6 heteroatoms. The molecule has 0 saturated carbocycles. The fourth-order valence-corrected chi connectivity index (χ4v) is 1.46. The number of rotatable bonds is 2. The molecule has 1 heterocycles. The van der Waals surface area contributed by atoms with Gasteiger partial charge in [0.1, 0.15) is 11.4 Å². The van der Waals surface area contributed by atoms with Crippen LogP contribution in [0, 0.1) is 5.82 Å². The summed E-state index contributed by atoms with van der Waals surface area (Å²) in [4.78, 5) is 22.2. The summed E-state index contributed by atoms with van der Waals surface area (Å²) in [5.41, 5.74) is 0.0623. The molecule has 0 atom stereocenters. The average molecular weight is 253 g/mol. The standard InChI is InChI=1S/C11H6ClFN2O2/c12-10(16)8-5-9(14-15-11(8)17)6-1-3-7(13)4-2-6/h1-5H,(H,15,17). The minimum atomic E-state index is -0.864. The van der Waals surface area contributed by atoms with Gasteiger partial charge in [-0.25, -0.2) is 9.49 Å². The van der Waals surface area contributed by atoms with Crippen LogP contribution in [0.2, 0.25) is 0 Å². The van der Waals surface area contributed by atoms with Crippen LogP contribution in [0.4, 0.5) is 4.39 Å². The number of hydrogen-bond donors (Lipinski definition) is 1. The summed E-state index contributed by atoms with van der Waals surface area (Å²) < 4.78 is 12.7. The molecular weight excluding hydrogens is 247 g/mol. The van der Waals surface area contributed by atoms with E-state index in [9.17, 15) is 14.0 Å². The van der Waals surface area contributed by atoms with Gasteiger partial charge in [-0.1, -0.05) is 0 Å². The Morgan fingerprint density at radius 1 is 1.29 bits per heavy atom. The summed E-state index contributed by atoms with van der Waals surface area (Å²) in [5.74, 6) is -0.383. The molecule has 1 aromatic carbocycles. The van der Waals surface area contributed by atoms with Crippen molar-refractivity contribution in [2.45, 2.75) is 0 Å². The quantitative estimate of drug-likeness (QED) is 0.831. The third-order valence-corrected chi connectivity index (χ3v) is 2.36. The zero-order valence-electron chi connectivity index (χ0n) is 8.41. The van der Waals surface area contributed by atoms with Crippen molar-refractivity contribution in [2.24, 2.45) is 0 Å². The van der Waals surface area contributed by atoms with Crippen LogP contribution < -0.4 is 5.56 Å². The molecule has 0 bridgehead atoms. The Bertz CT molecular complexity index is 622. The largest absolute Gasteiger partial charge is 0.276 e. The van der Waals surface area contributed by atoms with E-state index in [0.29, 0.717) is 11.3 Å². The third-order valence-electron chi connectivity index (χ3n) is 2.16. The zero-order valence-corrected chi connectivity index (χ0v) is 9.16. The van der Waals surface area contributed by atoms with Crippen LogP contribution in [0.15, 0.2) is 35.1 Å². The summed E-state index contributed by atoms with van der Waals surface area (Å²) >= 11 is 5.25. The van der Waals surface area contributed by atoms with Gasteiger partial charge in [0.15, 0.2) is 0 Å². The highest BCUT2D eigenvalue weighted by molar-refractivity contribution is 6.67. The number of benzene rings is 1. The van der Waals surface area contributed by atoms with Crippen molar-refractivity contribution in [3.63, 3.8) is 0 Å². The molecule has 2 rings (SSSR count). The number of aromatic amines is 1. The summed E-state index contributed by atoms with van der Waals surface area (Å²) in [7, 11) is 0. The second-order valence-electron chi connectivity index (χ2n) is 3.28. The minimum Gasteiger partial charge on any atom is -0.275 e. The van der Waals surface area contributed by atoms with Gasteiger partial charge < -0.3 is 0 Å². The van der Waals surface area contributed by atoms with Gasteiger partial charge in [0.25, 0.3) is 10.8 Å². The monoisotopic (exact) mass is 252 g/mol. The van der Waals surface area contributed by atoms with Gasteiger partial charge in [0.2, 0.25) is 0 Å². The Morgan fingerprint density at radius 2 is 1.94 bits per heavy atom. The summed E-state index contributed by atoms with van der Waals surface area (Å²) in [6, 6.07) is 6.74. The van der Waals surface area contributed by atoms with E-state index >= 15 is 0 Å². The van der Waals surface area contributed by atoms with Crippen molar-refractivity contribution in [1.82, 2.24) is 10.2 Å². The van der Waals surface area contributed by atoms with Gasteiger partial charge in [0.05, 0.1) is 5.69 Å². The Labute approximate surface area is 100 Å². The van der Waals surface area contributed by atoms with E-state index in [1.165, 1.54) is 30.3 Å². The van der Waals surface area contributed by atoms with Crippen LogP contribution in [-0.4, -0.2) is 15.4 Å². The number of hydrogen-bond acceptors (Lipinski definition) is 3. The highest BCUT2D eigenvalue weighted by Gasteiger charge is 2.10. The third kappa shape index (κ3) is 2.39. The molecule has 0 fully saturated rings. The molecule has 17 heavy (non-hydrogen) atoms. The molecular formula is C11H6ClFN2O2. The predicted molar refractivity (Wildman–Crippen MR) is 60.4 cm³/mol. The molecule has 0 spiro atoms. The first-order chi connectivity index (χ1) is 8.08. The number of H-pyrrole nitrogens is 1. The van der Waals surface area contributed by atoms with Crippen LogP contribution in [-0.2, 0) is 0 Å². The van der Waals surface area contributed by atoms with Crippen molar-refractivity contribution in [1.29, 1.82) is 0 Å². The van der Waals surface area contributed by atoms with Crippen molar-refractivity contribution >= 4 is 16.8 Å². The lowest BCUT2D eigenvalue weighted by atomic mass is 10.1. The maximum atomic E-state index is 12.7. The highest BCUT2D eigenvalue weighted by Crippen LogP contribution is 2.16. The van der Waals surface area contributed by atoms with Crippen LogP contribution in [0.25, 0.3) is 11.3 Å². The van der Waals surface area contributed by atoms with Crippen molar-refractivity contribution in [3.8, 4) is 11.3 Å². The van der Waals surface area contributed by atoms with Gasteiger partial charge >= 0.3 is 0 Å². The minimum absolute atomic E-state index is 0.194. The molecule has 1 aromatic heterocycles. The maximum Gasteiger partial charge on any atom is 0.276 e. The van der Waals surface area contributed by atoms with Gasteiger partial charge in [-0.2, -0.15) is 5.10 Å².